The molecule has 0 fully saturated rings. The summed E-state index contributed by atoms with van der Waals surface area (Å²) < 4.78 is 0. The van der Waals surface area contributed by atoms with E-state index in [0.717, 1.165) is 19.3 Å². The van der Waals surface area contributed by atoms with Crippen LogP contribution >= 0.6 is 0 Å². The second-order valence-electron chi connectivity index (χ2n) is 4.46. The molecule has 0 spiro atoms. The van der Waals surface area contributed by atoms with Crippen LogP contribution in [-0.4, -0.2) is 18.5 Å². The molecule has 0 rings (SSSR count). The number of amides is 1. The van der Waals surface area contributed by atoms with Gasteiger partial charge in [-0.2, -0.15) is 0 Å². The fraction of sp³-hybridized carbons (Fsp3) is 0.909. The first kappa shape index (κ1) is 13.4. The van der Waals surface area contributed by atoms with Crippen molar-refractivity contribution in [3.63, 3.8) is 0 Å². The molecular weight excluding hydrogens is 176 g/mol. The van der Waals surface area contributed by atoms with Crippen LogP contribution < -0.4 is 11.1 Å². The second-order valence-corrected chi connectivity index (χ2v) is 4.46. The van der Waals surface area contributed by atoms with Crippen LogP contribution in [0.15, 0.2) is 0 Å². The van der Waals surface area contributed by atoms with Crippen molar-refractivity contribution < 1.29 is 4.79 Å². The van der Waals surface area contributed by atoms with Gasteiger partial charge < -0.3 is 11.1 Å². The highest BCUT2D eigenvalue weighted by Crippen LogP contribution is 2.13. The molecule has 0 aromatic carbocycles. The number of nitrogens with one attached hydrogen (secondary N) is 1. The van der Waals surface area contributed by atoms with Crippen LogP contribution in [0, 0.1) is 5.41 Å². The first-order valence-corrected chi connectivity index (χ1v) is 5.49. The van der Waals surface area contributed by atoms with E-state index in [0.29, 0.717) is 12.6 Å². The number of hydrogen-bond acceptors (Lipinski definition) is 2. The third kappa shape index (κ3) is 4.09. The molecule has 0 aromatic rings. The van der Waals surface area contributed by atoms with E-state index >= 15 is 0 Å². The van der Waals surface area contributed by atoms with Crippen LogP contribution in [0.3, 0.4) is 0 Å². The number of rotatable bonds is 6. The maximum Gasteiger partial charge on any atom is 0.227 e. The molecule has 0 heterocycles. The van der Waals surface area contributed by atoms with E-state index in [9.17, 15) is 4.79 Å². The highest BCUT2D eigenvalue weighted by Gasteiger charge is 2.26. The van der Waals surface area contributed by atoms with Gasteiger partial charge in [-0.15, -0.1) is 0 Å². The van der Waals surface area contributed by atoms with Gasteiger partial charge in [0.05, 0.1) is 5.41 Å². The van der Waals surface area contributed by atoms with Gasteiger partial charge >= 0.3 is 0 Å². The van der Waals surface area contributed by atoms with Crippen molar-refractivity contribution in [1.82, 2.24) is 5.32 Å². The summed E-state index contributed by atoms with van der Waals surface area (Å²) >= 11 is 0. The predicted molar refractivity (Wildman–Crippen MR) is 60.0 cm³/mol. The lowest BCUT2D eigenvalue weighted by atomic mass is 9.92. The van der Waals surface area contributed by atoms with Gasteiger partial charge in [-0.1, -0.05) is 20.3 Å². The summed E-state index contributed by atoms with van der Waals surface area (Å²) in [5.41, 5.74) is 5.09. The van der Waals surface area contributed by atoms with Crippen LogP contribution in [-0.2, 0) is 4.79 Å². The quantitative estimate of drug-likeness (QED) is 0.685. The summed E-state index contributed by atoms with van der Waals surface area (Å²) in [4.78, 5) is 11.7. The van der Waals surface area contributed by atoms with Crippen LogP contribution in [0.2, 0.25) is 0 Å². The van der Waals surface area contributed by atoms with E-state index < -0.39 is 5.41 Å². The first-order chi connectivity index (χ1) is 6.47. The van der Waals surface area contributed by atoms with Crippen LogP contribution in [0.4, 0.5) is 0 Å². The monoisotopic (exact) mass is 200 g/mol. The topological polar surface area (TPSA) is 55.1 Å². The lowest BCUT2D eigenvalue weighted by molar-refractivity contribution is -0.129. The number of nitrogens with two attached hydrogens (primary N) is 1. The zero-order chi connectivity index (χ0) is 11.2. The zero-order valence-corrected chi connectivity index (χ0v) is 9.89. The summed E-state index contributed by atoms with van der Waals surface area (Å²) in [7, 11) is 0. The molecule has 3 nitrogen and oxygen atoms in total. The maximum atomic E-state index is 11.7. The number of carbonyl (C=O) groups excluding carboxylic acids is 1. The summed E-state index contributed by atoms with van der Waals surface area (Å²) in [5, 5.41) is 3.04. The fourth-order valence-electron chi connectivity index (χ4n) is 1.20. The van der Waals surface area contributed by atoms with Crippen LogP contribution in [0.5, 0.6) is 0 Å². The molecule has 1 amide bonds. The van der Waals surface area contributed by atoms with Gasteiger partial charge in [0.15, 0.2) is 0 Å². The van der Waals surface area contributed by atoms with Gasteiger partial charge in [0.25, 0.3) is 0 Å². The summed E-state index contributed by atoms with van der Waals surface area (Å²) in [5.74, 6) is 0.0697. The Morgan fingerprint density at radius 3 is 2.36 bits per heavy atom. The molecule has 0 saturated carbocycles. The average Bonchev–Trinajstić information content (AvgIpc) is 2.16. The third-order valence-electron chi connectivity index (χ3n) is 2.59. The van der Waals surface area contributed by atoms with Crippen molar-refractivity contribution in [2.45, 2.75) is 53.0 Å². The normalized spacial score (nSPS) is 13.8. The highest BCUT2D eigenvalue weighted by atomic mass is 16.2. The minimum absolute atomic E-state index is 0.0697. The molecule has 0 radical (unpaired) electrons. The van der Waals surface area contributed by atoms with Crippen molar-refractivity contribution in [2.24, 2.45) is 11.1 Å². The Balaban J connectivity index is 4.15. The molecule has 1 atom stereocenters. The van der Waals surface area contributed by atoms with E-state index in [1.54, 1.807) is 0 Å². The molecule has 0 aliphatic rings. The van der Waals surface area contributed by atoms with E-state index in [2.05, 4.69) is 19.2 Å². The maximum absolute atomic E-state index is 11.7. The summed E-state index contributed by atoms with van der Waals surface area (Å²) in [6.45, 7) is 8.36. The van der Waals surface area contributed by atoms with Crippen molar-refractivity contribution in [2.75, 3.05) is 6.54 Å². The Bertz CT molecular complexity index is 178. The van der Waals surface area contributed by atoms with E-state index in [1.165, 1.54) is 0 Å². The zero-order valence-electron chi connectivity index (χ0n) is 9.89. The van der Waals surface area contributed by atoms with Gasteiger partial charge in [-0.3, -0.25) is 4.79 Å². The summed E-state index contributed by atoms with van der Waals surface area (Å²) in [6.07, 6.45) is 3.13. The fourth-order valence-corrected chi connectivity index (χ4v) is 1.20. The molecular formula is C11H24N2O. The SMILES string of the molecule is CCCC(CC)NC(=O)C(C)(C)CN. The lowest BCUT2D eigenvalue weighted by Crippen LogP contribution is -2.45. The molecule has 0 aliphatic heterocycles. The molecule has 0 aromatic heterocycles. The minimum atomic E-state index is -0.443. The highest BCUT2D eigenvalue weighted by molar-refractivity contribution is 5.82. The third-order valence-corrected chi connectivity index (χ3v) is 2.59. The first-order valence-electron chi connectivity index (χ1n) is 5.49. The molecule has 14 heavy (non-hydrogen) atoms. The largest absolute Gasteiger partial charge is 0.353 e. The Hall–Kier alpha value is -0.570. The van der Waals surface area contributed by atoms with Crippen LogP contribution in [0.1, 0.15) is 47.0 Å². The van der Waals surface area contributed by atoms with Gasteiger partial charge in [-0.25, -0.2) is 0 Å². The van der Waals surface area contributed by atoms with Crippen molar-refractivity contribution in [1.29, 1.82) is 0 Å². The molecule has 84 valence electrons. The summed E-state index contributed by atoms with van der Waals surface area (Å²) in [6, 6.07) is 0.304. The smallest absolute Gasteiger partial charge is 0.227 e. The minimum Gasteiger partial charge on any atom is -0.353 e. The van der Waals surface area contributed by atoms with E-state index in [4.69, 9.17) is 5.73 Å². The molecule has 0 saturated heterocycles. The Labute approximate surface area is 87.4 Å². The average molecular weight is 200 g/mol. The van der Waals surface area contributed by atoms with Gasteiger partial charge in [0.1, 0.15) is 0 Å². The van der Waals surface area contributed by atoms with Crippen molar-refractivity contribution in [3.05, 3.63) is 0 Å². The molecule has 0 aliphatic carbocycles. The Kier molecular flexibility index (Phi) is 5.77. The van der Waals surface area contributed by atoms with Crippen LogP contribution in [0.25, 0.3) is 0 Å². The number of hydrogen-bond donors (Lipinski definition) is 2. The van der Waals surface area contributed by atoms with Crippen molar-refractivity contribution >= 4 is 5.91 Å². The van der Waals surface area contributed by atoms with Gasteiger partial charge in [-0.05, 0) is 26.7 Å². The van der Waals surface area contributed by atoms with E-state index in [1.807, 2.05) is 13.8 Å². The predicted octanol–water partition coefficient (Wildman–Crippen LogP) is 1.67. The molecule has 3 N–H and O–H groups in total. The second kappa shape index (κ2) is 6.02. The van der Waals surface area contributed by atoms with Gasteiger partial charge in [0.2, 0.25) is 5.91 Å². The Morgan fingerprint density at radius 2 is 2.00 bits per heavy atom. The van der Waals surface area contributed by atoms with Gasteiger partial charge in [0, 0.05) is 12.6 Å². The van der Waals surface area contributed by atoms with Crippen molar-refractivity contribution in [3.8, 4) is 0 Å². The molecule has 0 bridgehead atoms. The standard InChI is InChI=1S/C11H24N2O/c1-5-7-9(6-2)13-10(14)11(3,4)8-12/h9H,5-8,12H2,1-4H3,(H,13,14). The lowest BCUT2D eigenvalue weighted by Gasteiger charge is -2.25. The molecule has 3 heteroatoms. The van der Waals surface area contributed by atoms with E-state index in [-0.39, 0.29) is 5.91 Å². The Morgan fingerprint density at radius 1 is 1.43 bits per heavy atom. The number of carbonyl (C=O) groups is 1. The molecule has 1 unspecified atom stereocenters.